The molecule has 0 aromatic carbocycles. The van der Waals surface area contributed by atoms with Crippen molar-refractivity contribution < 1.29 is 9.59 Å². The van der Waals surface area contributed by atoms with Crippen LogP contribution >= 0.6 is 11.8 Å². The highest BCUT2D eigenvalue weighted by molar-refractivity contribution is 7.99. The lowest BCUT2D eigenvalue weighted by Crippen LogP contribution is -2.37. The minimum atomic E-state index is -0.214. The monoisotopic (exact) mass is 293 g/mol. The van der Waals surface area contributed by atoms with Crippen LogP contribution in [0.4, 0.5) is 0 Å². The number of fused-ring (bicyclic) bond motifs is 1. The Labute approximate surface area is 120 Å². The van der Waals surface area contributed by atoms with Gasteiger partial charge in [-0.2, -0.15) is 0 Å². The van der Waals surface area contributed by atoms with Crippen LogP contribution in [0.2, 0.25) is 0 Å². The normalized spacial score (nSPS) is 10.4. The smallest absolute Gasteiger partial charge is 0.239 e. The van der Waals surface area contributed by atoms with Gasteiger partial charge in [-0.25, -0.2) is 0 Å². The van der Waals surface area contributed by atoms with Crippen molar-refractivity contribution in [3.05, 3.63) is 24.4 Å². The average molecular weight is 293 g/mol. The number of carbonyl (C=O) groups excluding carboxylic acids is 2. The van der Waals surface area contributed by atoms with Crippen LogP contribution in [-0.4, -0.2) is 45.3 Å². The van der Waals surface area contributed by atoms with E-state index in [0.29, 0.717) is 11.7 Å². The summed E-state index contributed by atoms with van der Waals surface area (Å²) in [4.78, 5) is 22.8. The Bertz CT molecular complexity index is 613. The molecule has 2 aromatic rings. The van der Waals surface area contributed by atoms with Gasteiger partial charge in [-0.1, -0.05) is 17.8 Å². The van der Waals surface area contributed by atoms with Crippen LogP contribution in [0.25, 0.3) is 5.65 Å². The van der Waals surface area contributed by atoms with Gasteiger partial charge in [0.15, 0.2) is 10.8 Å². The fourth-order valence-corrected chi connectivity index (χ4v) is 2.29. The summed E-state index contributed by atoms with van der Waals surface area (Å²) in [7, 11) is 0. The van der Waals surface area contributed by atoms with E-state index in [1.54, 1.807) is 0 Å². The molecular formula is C12H15N5O2S. The number of amides is 2. The van der Waals surface area contributed by atoms with Crippen molar-refractivity contribution in [2.45, 2.75) is 12.1 Å². The molecule has 0 aliphatic rings. The highest BCUT2D eigenvalue weighted by Gasteiger charge is 2.09. The van der Waals surface area contributed by atoms with Crippen LogP contribution in [-0.2, 0) is 9.59 Å². The van der Waals surface area contributed by atoms with E-state index in [-0.39, 0.29) is 24.1 Å². The number of hydrogen-bond acceptors (Lipinski definition) is 5. The van der Waals surface area contributed by atoms with Crippen molar-refractivity contribution >= 4 is 29.2 Å². The molecule has 0 fully saturated rings. The van der Waals surface area contributed by atoms with E-state index in [1.807, 2.05) is 35.7 Å². The number of hydrogen-bond donors (Lipinski definition) is 2. The largest absolute Gasteiger partial charge is 0.355 e. The van der Waals surface area contributed by atoms with Crippen LogP contribution in [0.15, 0.2) is 29.6 Å². The molecule has 2 amide bonds. The molecule has 7 nitrogen and oxygen atoms in total. The summed E-state index contributed by atoms with van der Waals surface area (Å²) in [6.07, 6.45) is 1.84. The van der Waals surface area contributed by atoms with Crippen molar-refractivity contribution in [2.75, 3.05) is 18.8 Å². The second kappa shape index (κ2) is 6.90. The Morgan fingerprint density at radius 2 is 2.10 bits per heavy atom. The fourth-order valence-electron chi connectivity index (χ4n) is 1.54. The predicted octanol–water partition coefficient (Wildman–Crippen LogP) is 0.0737. The van der Waals surface area contributed by atoms with Gasteiger partial charge in [0.25, 0.3) is 0 Å². The molecule has 8 heteroatoms. The molecule has 0 radical (unpaired) electrons. The highest BCUT2D eigenvalue weighted by Crippen LogP contribution is 2.15. The van der Waals surface area contributed by atoms with E-state index in [0.717, 1.165) is 5.65 Å². The Hall–Kier alpha value is -2.09. The van der Waals surface area contributed by atoms with Gasteiger partial charge >= 0.3 is 0 Å². The number of pyridine rings is 1. The van der Waals surface area contributed by atoms with Crippen molar-refractivity contribution in [1.29, 1.82) is 0 Å². The number of nitrogens with one attached hydrogen (secondary N) is 2. The molecule has 0 spiro atoms. The van der Waals surface area contributed by atoms with E-state index in [9.17, 15) is 9.59 Å². The average Bonchev–Trinajstić information content (AvgIpc) is 2.86. The number of carbonyl (C=O) groups is 2. The molecule has 0 saturated heterocycles. The minimum absolute atomic E-state index is 0.00614. The Morgan fingerprint density at radius 3 is 2.90 bits per heavy atom. The Balaban J connectivity index is 1.83. The van der Waals surface area contributed by atoms with Gasteiger partial charge in [0, 0.05) is 12.7 Å². The summed E-state index contributed by atoms with van der Waals surface area (Å²) < 4.78 is 1.81. The third-order valence-electron chi connectivity index (χ3n) is 2.43. The number of nitrogens with zero attached hydrogens (tertiary/aromatic N) is 3. The first-order valence-electron chi connectivity index (χ1n) is 6.16. The lowest BCUT2D eigenvalue weighted by Gasteiger charge is -2.04. The SMILES string of the molecule is CCNC(=O)CNC(=O)CSc1nnc2ccccn12. The van der Waals surface area contributed by atoms with E-state index in [1.165, 1.54) is 11.8 Å². The lowest BCUT2D eigenvalue weighted by atomic mass is 10.5. The van der Waals surface area contributed by atoms with Crippen LogP contribution in [0, 0.1) is 0 Å². The lowest BCUT2D eigenvalue weighted by molar-refractivity contribution is -0.124. The van der Waals surface area contributed by atoms with E-state index >= 15 is 0 Å². The van der Waals surface area contributed by atoms with E-state index in [2.05, 4.69) is 20.8 Å². The van der Waals surface area contributed by atoms with E-state index < -0.39 is 0 Å². The first kappa shape index (κ1) is 14.3. The fraction of sp³-hybridized carbons (Fsp3) is 0.333. The third-order valence-corrected chi connectivity index (χ3v) is 3.38. The van der Waals surface area contributed by atoms with Gasteiger partial charge in [-0.3, -0.25) is 14.0 Å². The van der Waals surface area contributed by atoms with Crippen molar-refractivity contribution in [3.63, 3.8) is 0 Å². The molecule has 0 atom stereocenters. The van der Waals surface area contributed by atoms with Crippen LogP contribution in [0.1, 0.15) is 6.92 Å². The summed E-state index contributed by atoms with van der Waals surface area (Å²) in [6.45, 7) is 2.37. The molecule has 2 aromatic heterocycles. The van der Waals surface area contributed by atoms with Gasteiger partial charge < -0.3 is 10.6 Å². The quantitative estimate of drug-likeness (QED) is 0.736. The molecule has 0 saturated carbocycles. The summed E-state index contributed by atoms with van der Waals surface area (Å²) in [5, 5.41) is 13.8. The molecule has 2 N–H and O–H groups in total. The maximum absolute atomic E-state index is 11.6. The summed E-state index contributed by atoms with van der Waals surface area (Å²) >= 11 is 1.28. The first-order chi connectivity index (χ1) is 9.70. The first-order valence-corrected chi connectivity index (χ1v) is 7.15. The minimum Gasteiger partial charge on any atom is -0.355 e. The molecular weight excluding hydrogens is 278 g/mol. The molecule has 0 unspecified atom stereocenters. The second-order valence-corrected chi connectivity index (χ2v) is 4.87. The Kier molecular flexibility index (Phi) is 4.94. The van der Waals surface area contributed by atoms with E-state index in [4.69, 9.17) is 0 Å². The molecule has 0 bridgehead atoms. The van der Waals surface area contributed by atoms with Crippen LogP contribution in [0.5, 0.6) is 0 Å². The Morgan fingerprint density at radius 1 is 1.25 bits per heavy atom. The van der Waals surface area contributed by atoms with Crippen LogP contribution in [0.3, 0.4) is 0 Å². The van der Waals surface area contributed by atoms with Crippen LogP contribution < -0.4 is 10.6 Å². The molecule has 2 heterocycles. The molecule has 0 aliphatic carbocycles. The standard InChI is InChI=1S/C12H15N5O2S/c1-2-13-10(18)7-14-11(19)8-20-12-16-15-9-5-3-4-6-17(9)12/h3-6H,2,7-8H2,1H3,(H,13,18)(H,14,19). The van der Waals surface area contributed by atoms with Crippen molar-refractivity contribution in [3.8, 4) is 0 Å². The molecule has 20 heavy (non-hydrogen) atoms. The van der Waals surface area contributed by atoms with Crippen molar-refractivity contribution in [1.82, 2.24) is 25.2 Å². The van der Waals surface area contributed by atoms with Gasteiger partial charge in [-0.15, -0.1) is 10.2 Å². The van der Waals surface area contributed by atoms with Gasteiger partial charge in [0.05, 0.1) is 12.3 Å². The third kappa shape index (κ3) is 3.70. The zero-order valence-electron chi connectivity index (χ0n) is 11.0. The second-order valence-electron chi connectivity index (χ2n) is 3.93. The van der Waals surface area contributed by atoms with Crippen molar-refractivity contribution in [2.24, 2.45) is 0 Å². The number of rotatable bonds is 6. The summed E-state index contributed by atoms with van der Waals surface area (Å²) in [5.74, 6) is -0.220. The van der Waals surface area contributed by atoms with Gasteiger partial charge in [0.1, 0.15) is 0 Å². The zero-order chi connectivity index (χ0) is 14.4. The zero-order valence-corrected chi connectivity index (χ0v) is 11.8. The number of thioether (sulfide) groups is 1. The topological polar surface area (TPSA) is 88.4 Å². The predicted molar refractivity (Wildman–Crippen MR) is 75.4 cm³/mol. The molecule has 2 rings (SSSR count). The van der Waals surface area contributed by atoms with Gasteiger partial charge in [0.2, 0.25) is 11.8 Å². The van der Waals surface area contributed by atoms with Gasteiger partial charge in [-0.05, 0) is 19.1 Å². The maximum Gasteiger partial charge on any atom is 0.239 e. The summed E-state index contributed by atoms with van der Waals surface area (Å²) in [5.41, 5.74) is 0.734. The molecule has 0 aliphatic heterocycles. The molecule has 106 valence electrons. The number of aromatic nitrogens is 3. The maximum atomic E-state index is 11.6. The summed E-state index contributed by atoms with van der Waals surface area (Å²) in [6, 6.07) is 5.58. The number of likely N-dealkylation sites (N-methyl/N-ethyl adjacent to an activating group) is 1. The highest BCUT2D eigenvalue weighted by atomic mass is 32.2.